The second-order valence-electron chi connectivity index (χ2n) is 8.89. The molecule has 2 aromatic heterocycles. The van der Waals surface area contributed by atoms with Gasteiger partial charge in [0.1, 0.15) is 11.5 Å². The summed E-state index contributed by atoms with van der Waals surface area (Å²) in [5.41, 5.74) is 4.37. The molecule has 0 spiro atoms. The minimum Gasteiger partial charge on any atom is -0.457 e. The topological polar surface area (TPSA) is 42.3 Å². The van der Waals surface area contributed by atoms with Gasteiger partial charge in [0.15, 0.2) is 5.11 Å². The van der Waals surface area contributed by atoms with Crippen LogP contribution in [0.3, 0.4) is 0 Å². The number of nitrogens with zero attached hydrogens (tertiary/aromatic N) is 3. The fourth-order valence-electron chi connectivity index (χ4n) is 4.32. The third-order valence-electron chi connectivity index (χ3n) is 6.14. The molecule has 34 heavy (non-hydrogen) atoms. The number of hydrogen-bond acceptors (Lipinski definition) is 3. The lowest BCUT2D eigenvalue weighted by Crippen LogP contribution is -2.29. The van der Waals surface area contributed by atoms with E-state index < -0.39 is 0 Å². The molecule has 0 bridgehead atoms. The van der Waals surface area contributed by atoms with Crippen LogP contribution in [0.5, 0.6) is 11.5 Å². The molecule has 4 aromatic rings. The molecular weight excluding hydrogens is 440 g/mol. The van der Waals surface area contributed by atoms with E-state index >= 15 is 0 Å². The molecule has 2 atom stereocenters. The fourth-order valence-corrected chi connectivity index (χ4v) is 4.66. The van der Waals surface area contributed by atoms with Gasteiger partial charge in [-0.3, -0.25) is 4.98 Å². The fraction of sp³-hybridized carbons (Fsp3) is 0.214. The van der Waals surface area contributed by atoms with E-state index in [1.807, 2.05) is 54.7 Å². The SMILES string of the molecule is Cc1ccc(Oc2ccc(N3C(=S)N[C@@H](c4ccccn4)[C@@H]3c3ccn(C(C)C)c3)cc2)cc1. The molecule has 1 N–H and O–H groups in total. The van der Waals surface area contributed by atoms with Crippen molar-refractivity contribution in [3.63, 3.8) is 0 Å². The zero-order valence-electron chi connectivity index (χ0n) is 19.6. The predicted molar refractivity (Wildman–Crippen MR) is 140 cm³/mol. The first-order valence-corrected chi connectivity index (χ1v) is 11.9. The van der Waals surface area contributed by atoms with Gasteiger partial charge in [0, 0.05) is 30.3 Å². The maximum absolute atomic E-state index is 6.03. The highest BCUT2D eigenvalue weighted by atomic mass is 32.1. The zero-order chi connectivity index (χ0) is 23.7. The molecule has 0 aliphatic carbocycles. The quantitative estimate of drug-likeness (QED) is 0.317. The van der Waals surface area contributed by atoms with Crippen LogP contribution in [0.4, 0.5) is 5.69 Å². The number of aryl methyl sites for hydroxylation is 1. The first-order valence-electron chi connectivity index (χ1n) is 11.5. The van der Waals surface area contributed by atoms with Gasteiger partial charge in [-0.1, -0.05) is 23.8 Å². The van der Waals surface area contributed by atoms with E-state index in [1.165, 1.54) is 11.1 Å². The number of thiocarbonyl (C=S) groups is 1. The first kappa shape index (κ1) is 22.2. The number of benzene rings is 2. The van der Waals surface area contributed by atoms with Gasteiger partial charge < -0.3 is 19.5 Å². The lowest BCUT2D eigenvalue weighted by molar-refractivity contribution is 0.482. The number of ether oxygens (including phenoxy) is 1. The number of aromatic nitrogens is 2. The third-order valence-corrected chi connectivity index (χ3v) is 6.46. The summed E-state index contributed by atoms with van der Waals surface area (Å²) in [4.78, 5) is 6.82. The molecule has 1 aliphatic heterocycles. The predicted octanol–water partition coefficient (Wildman–Crippen LogP) is 6.74. The van der Waals surface area contributed by atoms with Crippen molar-refractivity contribution < 1.29 is 4.74 Å². The highest BCUT2D eigenvalue weighted by Gasteiger charge is 2.41. The lowest BCUT2D eigenvalue weighted by Gasteiger charge is -2.27. The van der Waals surface area contributed by atoms with Crippen LogP contribution in [0.25, 0.3) is 0 Å². The normalized spacial score (nSPS) is 17.8. The van der Waals surface area contributed by atoms with Crippen molar-refractivity contribution in [2.45, 2.75) is 38.9 Å². The number of anilines is 1. The second kappa shape index (κ2) is 9.31. The standard InChI is InChI=1S/C28H28N4OS/c1-19(2)31-17-15-21(18-31)27-26(25-6-4-5-16-29-25)30-28(34)32(27)22-9-13-24(14-10-22)33-23-11-7-20(3)8-12-23/h4-19,26-27H,1-3H3,(H,30,34)/t26-,27-/m0/s1. The highest BCUT2D eigenvalue weighted by Crippen LogP contribution is 2.42. The molecule has 1 fully saturated rings. The van der Waals surface area contributed by atoms with E-state index in [0.29, 0.717) is 11.2 Å². The van der Waals surface area contributed by atoms with E-state index in [2.05, 4.69) is 77.2 Å². The van der Waals surface area contributed by atoms with Crippen molar-refractivity contribution in [2.75, 3.05) is 4.90 Å². The molecule has 0 unspecified atom stereocenters. The Morgan fingerprint density at radius 1 is 0.941 bits per heavy atom. The van der Waals surface area contributed by atoms with Crippen molar-refractivity contribution in [3.05, 3.63) is 108 Å². The van der Waals surface area contributed by atoms with Crippen molar-refractivity contribution in [1.82, 2.24) is 14.9 Å². The van der Waals surface area contributed by atoms with Crippen LogP contribution >= 0.6 is 12.2 Å². The number of pyridine rings is 1. The van der Waals surface area contributed by atoms with Crippen molar-refractivity contribution in [1.29, 1.82) is 0 Å². The Morgan fingerprint density at radius 2 is 1.65 bits per heavy atom. The van der Waals surface area contributed by atoms with Crippen LogP contribution in [0.2, 0.25) is 0 Å². The second-order valence-corrected chi connectivity index (χ2v) is 9.28. The van der Waals surface area contributed by atoms with E-state index in [4.69, 9.17) is 17.0 Å². The van der Waals surface area contributed by atoms with Gasteiger partial charge in [-0.05, 0) is 93.1 Å². The van der Waals surface area contributed by atoms with E-state index in [0.717, 1.165) is 22.9 Å². The van der Waals surface area contributed by atoms with Crippen molar-refractivity contribution >= 4 is 23.0 Å². The van der Waals surface area contributed by atoms with Gasteiger partial charge in [-0.15, -0.1) is 0 Å². The molecule has 5 nitrogen and oxygen atoms in total. The van der Waals surface area contributed by atoms with Gasteiger partial charge in [-0.2, -0.15) is 0 Å². The number of nitrogens with one attached hydrogen (secondary N) is 1. The number of hydrogen-bond donors (Lipinski definition) is 1. The van der Waals surface area contributed by atoms with Crippen LogP contribution in [0.1, 0.15) is 48.8 Å². The van der Waals surface area contributed by atoms with E-state index in [1.54, 1.807) is 0 Å². The molecule has 5 rings (SSSR count). The monoisotopic (exact) mass is 468 g/mol. The summed E-state index contributed by atoms with van der Waals surface area (Å²) in [6, 6.07) is 24.6. The smallest absolute Gasteiger partial charge is 0.174 e. The van der Waals surface area contributed by atoms with Crippen LogP contribution < -0.4 is 15.0 Å². The van der Waals surface area contributed by atoms with Gasteiger partial charge in [-0.25, -0.2) is 0 Å². The summed E-state index contributed by atoms with van der Waals surface area (Å²) >= 11 is 5.83. The Morgan fingerprint density at radius 3 is 2.26 bits per heavy atom. The van der Waals surface area contributed by atoms with Gasteiger partial charge in [0.2, 0.25) is 0 Å². The Hall–Kier alpha value is -3.64. The maximum Gasteiger partial charge on any atom is 0.174 e. The maximum atomic E-state index is 6.03. The van der Waals surface area contributed by atoms with Crippen molar-refractivity contribution in [2.24, 2.45) is 0 Å². The summed E-state index contributed by atoms with van der Waals surface area (Å²) in [6.45, 7) is 6.43. The Bertz CT molecular complexity index is 1270. The molecular formula is C28H28N4OS. The molecule has 172 valence electrons. The third kappa shape index (κ3) is 4.41. The summed E-state index contributed by atoms with van der Waals surface area (Å²) in [7, 11) is 0. The molecule has 1 aliphatic rings. The van der Waals surface area contributed by atoms with Crippen LogP contribution in [-0.2, 0) is 0 Å². The number of rotatable bonds is 6. The summed E-state index contributed by atoms with van der Waals surface area (Å²) in [5, 5.41) is 4.21. The van der Waals surface area contributed by atoms with E-state index in [9.17, 15) is 0 Å². The van der Waals surface area contributed by atoms with Crippen LogP contribution in [0, 0.1) is 6.92 Å². The summed E-state index contributed by atoms with van der Waals surface area (Å²) in [6.07, 6.45) is 6.17. The Labute approximate surface area is 206 Å². The Balaban J connectivity index is 1.47. The van der Waals surface area contributed by atoms with Crippen LogP contribution in [-0.4, -0.2) is 14.7 Å². The molecule has 0 radical (unpaired) electrons. The highest BCUT2D eigenvalue weighted by molar-refractivity contribution is 7.80. The van der Waals surface area contributed by atoms with Crippen LogP contribution in [0.15, 0.2) is 91.4 Å². The molecule has 6 heteroatoms. The van der Waals surface area contributed by atoms with Gasteiger partial charge in [0.25, 0.3) is 0 Å². The van der Waals surface area contributed by atoms with Gasteiger partial charge in [0.05, 0.1) is 17.8 Å². The zero-order valence-corrected chi connectivity index (χ0v) is 20.4. The van der Waals surface area contributed by atoms with Gasteiger partial charge >= 0.3 is 0 Å². The van der Waals surface area contributed by atoms with E-state index in [-0.39, 0.29) is 12.1 Å². The first-order chi connectivity index (χ1) is 16.5. The molecule has 1 saturated heterocycles. The van der Waals surface area contributed by atoms with Crippen molar-refractivity contribution in [3.8, 4) is 11.5 Å². The summed E-state index contributed by atoms with van der Waals surface area (Å²) in [5.74, 6) is 1.61. The average Bonchev–Trinajstić information content (AvgIpc) is 3.47. The molecule has 2 aromatic carbocycles. The minimum absolute atomic E-state index is 0.0220. The largest absolute Gasteiger partial charge is 0.457 e. The lowest BCUT2D eigenvalue weighted by atomic mass is 9.98. The minimum atomic E-state index is -0.0554. The Kier molecular flexibility index (Phi) is 6.07. The summed E-state index contributed by atoms with van der Waals surface area (Å²) < 4.78 is 8.25. The molecule has 3 heterocycles. The molecule has 0 saturated carbocycles. The average molecular weight is 469 g/mol. The molecule has 0 amide bonds.